The van der Waals surface area contributed by atoms with Crippen LogP contribution in [-0.2, 0) is 9.53 Å². The minimum absolute atomic E-state index is 0.0708. The molecule has 2 rings (SSSR count). The molecule has 1 aliphatic rings. The van der Waals surface area contributed by atoms with Gasteiger partial charge in [-0.25, -0.2) is 4.98 Å². The summed E-state index contributed by atoms with van der Waals surface area (Å²) < 4.78 is 5.52. The van der Waals surface area contributed by atoms with E-state index in [1.807, 2.05) is 6.92 Å². The predicted octanol–water partition coefficient (Wildman–Crippen LogP) is 6.59. The van der Waals surface area contributed by atoms with Crippen LogP contribution in [0.25, 0.3) is 0 Å². The van der Waals surface area contributed by atoms with Crippen LogP contribution < -0.4 is 10.6 Å². The van der Waals surface area contributed by atoms with Crippen molar-refractivity contribution in [1.29, 1.82) is 0 Å². The van der Waals surface area contributed by atoms with Crippen molar-refractivity contribution in [3.63, 3.8) is 0 Å². The molecule has 246 valence electrons. The first-order valence-electron chi connectivity index (χ1n) is 16.7. The Hall–Kier alpha value is -3.62. The Labute approximate surface area is 271 Å². The van der Waals surface area contributed by atoms with Gasteiger partial charge in [-0.3, -0.25) is 19.5 Å². The SMILES string of the molecule is CCC=CCC=CCC=CCC=CCC=CCC=CCCC(=O)NCCC(CCNC(=O)c1cnc(C)cn1)N1CCOCC1. The molecule has 0 bridgehead atoms. The quantitative estimate of drug-likeness (QED) is 0.143. The third-order valence-corrected chi connectivity index (χ3v) is 7.27. The molecule has 45 heavy (non-hydrogen) atoms. The molecular weight excluding hydrogens is 562 g/mol. The number of aromatic nitrogens is 2. The highest BCUT2D eigenvalue weighted by molar-refractivity contribution is 5.91. The lowest BCUT2D eigenvalue weighted by atomic mass is 10.1. The Morgan fingerprint density at radius 2 is 1.31 bits per heavy atom. The fourth-order valence-corrected chi connectivity index (χ4v) is 4.73. The van der Waals surface area contributed by atoms with Crippen molar-refractivity contribution in [1.82, 2.24) is 25.5 Å². The maximum absolute atomic E-state index is 12.4. The molecule has 1 fully saturated rings. The fourth-order valence-electron chi connectivity index (χ4n) is 4.73. The van der Waals surface area contributed by atoms with Crippen LogP contribution in [0.15, 0.2) is 85.3 Å². The lowest BCUT2D eigenvalue weighted by Gasteiger charge is -2.34. The number of nitrogens with one attached hydrogen (secondary N) is 2. The molecule has 1 saturated heterocycles. The van der Waals surface area contributed by atoms with Gasteiger partial charge >= 0.3 is 0 Å². The Balaban J connectivity index is 1.54. The minimum atomic E-state index is -0.217. The summed E-state index contributed by atoms with van der Waals surface area (Å²) in [5, 5.41) is 6.03. The number of ether oxygens (including phenoxy) is 1. The van der Waals surface area contributed by atoms with E-state index in [4.69, 9.17) is 4.74 Å². The highest BCUT2D eigenvalue weighted by Crippen LogP contribution is 2.11. The van der Waals surface area contributed by atoms with E-state index in [9.17, 15) is 9.59 Å². The van der Waals surface area contributed by atoms with Crippen molar-refractivity contribution in [2.45, 2.75) is 84.1 Å². The number of amides is 2. The number of carbonyl (C=O) groups is 2. The highest BCUT2D eigenvalue weighted by atomic mass is 16.5. The number of allylic oxidation sites excluding steroid dienone is 12. The molecule has 2 amide bonds. The van der Waals surface area contributed by atoms with E-state index in [0.717, 1.165) is 76.6 Å². The number of aryl methyl sites for hydroxylation is 1. The molecule has 1 aromatic heterocycles. The molecule has 0 radical (unpaired) electrons. The van der Waals surface area contributed by atoms with Gasteiger partial charge in [-0.05, 0) is 64.7 Å². The Bertz CT molecular complexity index is 1120. The molecule has 1 atom stereocenters. The first kappa shape index (κ1) is 37.6. The standard InChI is InChI=1S/C37H55N5O3/c1-3-4-5-6-7-8-9-10-11-12-13-14-15-16-17-18-19-20-21-22-36(43)38-25-23-34(42-27-29-45-30-28-42)24-26-39-37(44)35-32-40-33(2)31-41-35/h4-5,7-8,10-11,13-14,16-17,19-20,31-32,34H,3,6,9,12,15,18,21-30H2,1-2H3,(H,38,43)(H,39,44). The van der Waals surface area contributed by atoms with Gasteiger partial charge in [0.2, 0.25) is 5.91 Å². The number of morpholine rings is 1. The molecule has 2 heterocycles. The van der Waals surface area contributed by atoms with Crippen LogP contribution in [0, 0.1) is 6.92 Å². The summed E-state index contributed by atoms with van der Waals surface area (Å²) >= 11 is 0. The summed E-state index contributed by atoms with van der Waals surface area (Å²) in [6.07, 6.45) is 38.0. The number of rotatable bonds is 22. The van der Waals surface area contributed by atoms with E-state index in [1.165, 1.54) is 6.20 Å². The molecule has 1 unspecified atom stereocenters. The van der Waals surface area contributed by atoms with Crippen LogP contribution in [0.1, 0.15) is 87.3 Å². The van der Waals surface area contributed by atoms with E-state index >= 15 is 0 Å². The maximum Gasteiger partial charge on any atom is 0.271 e. The van der Waals surface area contributed by atoms with Gasteiger partial charge in [0.15, 0.2) is 0 Å². The lowest BCUT2D eigenvalue weighted by molar-refractivity contribution is -0.121. The van der Waals surface area contributed by atoms with Crippen molar-refractivity contribution < 1.29 is 14.3 Å². The summed E-state index contributed by atoms with van der Waals surface area (Å²) in [6.45, 7) is 8.28. The molecule has 0 saturated carbocycles. The van der Waals surface area contributed by atoms with Gasteiger partial charge in [0.1, 0.15) is 5.69 Å². The first-order chi connectivity index (χ1) is 22.1. The zero-order valence-corrected chi connectivity index (χ0v) is 27.5. The van der Waals surface area contributed by atoms with E-state index in [1.54, 1.807) is 6.20 Å². The van der Waals surface area contributed by atoms with E-state index < -0.39 is 0 Å². The van der Waals surface area contributed by atoms with Gasteiger partial charge in [0.05, 0.1) is 25.1 Å². The van der Waals surface area contributed by atoms with Gasteiger partial charge in [0, 0.05) is 44.8 Å². The zero-order chi connectivity index (χ0) is 32.2. The van der Waals surface area contributed by atoms with E-state index in [2.05, 4.69) is 105 Å². The Morgan fingerprint density at radius 3 is 1.84 bits per heavy atom. The molecule has 0 aromatic carbocycles. The second-order valence-electron chi connectivity index (χ2n) is 11.0. The maximum atomic E-state index is 12.4. The minimum Gasteiger partial charge on any atom is -0.379 e. The fraction of sp³-hybridized carbons (Fsp3) is 0.514. The summed E-state index contributed by atoms with van der Waals surface area (Å²) in [5.74, 6) is -0.146. The van der Waals surface area contributed by atoms with Crippen molar-refractivity contribution in [2.75, 3.05) is 39.4 Å². The number of carbonyl (C=O) groups excluding carboxylic acids is 2. The molecule has 8 nitrogen and oxygen atoms in total. The number of nitrogens with zero attached hydrogens (tertiary/aromatic N) is 3. The highest BCUT2D eigenvalue weighted by Gasteiger charge is 2.21. The van der Waals surface area contributed by atoms with Crippen LogP contribution in [0.3, 0.4) is 0 Å². The van der Waals surface area contributed by atoms with Crippen LogP contribution >= 0.6 is 0 Å². The van der Waals surface area contributed by atoms with Crippen molar-refractivity contribution in [3.05, 3.63) is 96.7 Å². The van der Waals surface area contributed by atoms with Crippen LogP contribution in [0.5, 0.6) is 0 Å². The number of hydrogen-bond donors (Lipinski definition) is 2. The molecule has 0 spiro atoms. The summed E-state index contributed by atoms with van der Waals surface area (Å²) in [4.78, 5) is 35.5. The van der Waals surface area contributed by atoms with Crippen LogP contribution in [-0.4, -0.2) is 72.1 Å². The topological polar surface area (TPSA) is 96.5 Å². The van der Waals surface area contributed by atoms with Gasteiger partial charge < -0.3 is 15.4 Å². The van der Waals surface area contributed by atoms with Gasteiger partial charge in [-0.1, -0.05) is 79.8 Å². The predicted molar refractivity (Wildman–Crippen MR) is 185 cm³/mol. The first-order valence-corrected chi connectivity index (χ1v) is 16.7. The smallest absolute Gasteiger partial charge is 0.271 e. The summed E-state index contributed by atoms with van der Waals surface area (Å²) in [5.41, 5.74) is 1.10. The monoisotopic (exact) mass is 617 g/mol. The average Bonchev–Trinajstić information content (AvgIpc) is 3.05. The molecule has 2 N–H and O–H groups in total. The Morgan fingerprint density at radius 1 is 0.778 bits per heavy atom. The lowest BCUT2D eigenvalue weighted by Crippen LogP contribution is -2.46. The van der Waals surface area contributed by atoms with Gasteiger partial charge in [-0.15, -0.1) is 0 Å². The van der Waals surface area contributed by atoms with Crippen LogP contribution in [0.2, 0.25) is 0 Å². The third kappa shape index (κ3) is 19.4. The second-order valence-corrected chi connectivity index (χ2v) is 11.0. The second kappa shape index (κ2) is 25.7. The largest absolute Gasteiger partial charge is 0.379 e. The normalized spacial score (nSPS) is 15.4. The van der Waals surface area contributed by atoms with Crippen molar-refractivity contribution in [3.8, 4) is 0 Å². The molecular formula is C37H55N5O3. The molecule has 8 heteroatoms. The van der Waals surface area contributed by atoms with E-state index in [0.29, 0.717) is 38.4 Å². The zero-order valence-electron chi connectivity index (χ0n) is 27.5. The van der Waals surface area contributed by atoms with Crippen LogP contribution in [0.4, 0.5) is 0 Å². The third-order valence-electron chi connectivity index (χ3n) is 7.27. The summed E-state index contributed by atoms with van der Waals surface area (Å²) in [7, 11) is 0. The van der Waals surface area contributed by atoms with Gasteiger partial charge in [0.25, 0.3) is 5.91 Å². The Kier molecular flexibility index (Phi) is 21.4. The van der Waals surface area contributed by atoms with E-state index in [-0.39, 0.29) is 17.9 Å². The summed E-state index contributed by atoms with van der Waals surface area (Å²) in [6, 6.07) is 0.252. The molecule has 1 aromatic rings. The average molecular weight is 618 g/mol. The van der Waals surface area contributed by atoms with Crippen molar-refractivity contribution >= 4 is 11.8 Å². The molecule has 0 aliphatic carbocycles. The molecule has 1 aliphatic heterocycles. The number of hydrogen-bond acceptors (Lipinski definition) is 6. The van der Waals surface area contributed by atoms with Gasteiger partial charge in [-0.2, -0.15) is 0 Å². The van der Waals surface area contributed by atoms with Crippen molar-refractivity contribution in [2.24, 2.45) is 0 Å².